The van der Waals surface area contributed by atoms with Crippen LogP contribution in [0.15, 0.2) is 37.0 Å². The molecular weight excluding hydrogens is 188 g/mol. The highest BCUT2D eigenvalue weighted by Crippen LogP contribution is 2.21. The van der Waals surface area contributed by atoms with Gasteiger partial charge in [0.2, 0.25) is 0 Å². The standard InChI is InChI=1S/C11H16O2.C2H6/c1-6-8-10(7-2)11(4,5)13-9(3)12;1-2/h6-8H,1-2H2,3-5H3;1-2H3/b10-8+;. The number of rotatable bonds is 4. The summed E-state index contributed by atoms with van der Waals surface area (Å²) in [5.74, 6) is -0.304. The summed E-state index contributed by atoms with van der Waals surface area (Å²) in [6.45, 7) is 16.2. The predicted octanol–water partition coefficient (Wildman–Crippen LogP) is 3.65. The molecule has 2 nitrogen and oxygen atoms in total. The Balaban J connectivity index is 0. The summed E-state index contributed by atoms with van der Waals surface area (Å²) < 4.78 is 5.12. The van der Waals surface area contributed by atoms with Crippen LogP contribution in [-0.2, 0) is 9.53 Å². The fraction of sp³-hybridized carbons (Fsp3) is 0.462. The first-order valence-corrected chi connectivity index (χ1v) is 5.09. The molecule has 0 spiro atoms. The van der Waals surface area contributed by atoms with E-state index in [1.165, 1.54) is 6.92 Å². The number of allylic oxidation sites excluding steroid dienone is 2. The van der Waals surface area contributed by atoms with Crippen molar-refractivity contribution >= 4 is 5.97 Å². The normalized spacial score (nSPS) is 10.9. The number of hydrogen-bond acceptors (Lipinski definition) is 2. The van der Waals surface area contributed by atoms with Crippen molar-refractivity contribution in [3.05, 3.63) is 37.0 Å². The van der Waals surface area contributed by atoms with E-state index in [2.05, 4.69) is 13.2 Å². The number of esters is 1. The van der Waals surface area contributed by atoms with E-state index in [-0.39, 0.29) is 5.97 Å². The zero-order valence-corrected chi connectivity index (χ0v) is 10.5. The molecule has 0 aliphatic heterocycles. The Kier molecular flexibility index (Phi) is 8.64. The van der Waals surface area contributed by atoms with Crippen LogP contribution in [0.2, 0.25) is 0 Å². The lowest BCUT2D eigenvalue weighted by Crippen LogP contribution is -2.28. The van der Waals surface area contributed by atoms with Crippen molar-refractivity contribution < 1.29 is 9.53 Å². The van der Waals surface area contributed by atoms with Crippen LogP contribution in [0.1, 0.15) is 34.6 Å². The fourth-order valence-corrected chi connectivity index (χ4v) is 1.06. The molecule has 0 bridgehead atoms. The van der Waals surface area contributed by atoms with E-state index in [1.54, 1.807) is 18.2 Å². The Morgan fingerprint density at radius 3 is 2.00 bits per heavy atom. The Bertz CT molecular complexity index is 247. The van der Waals surface area contributed by atoms with Crippen LogP contribution in [0, 0.1) is 0 Å². The van der Waals surface area contributed by atoms with Crippen LogP contribution in [0.4, 0.5) is 0 Å². The van der Waals surface area contributed by atoms with Gasteiger partial charge in [0.15, 0.2) is 0 Å². The zero-order chi connectivity index (χ0) is 12.5. The van der Waals surface area contributed by atoms with E-state index >= 15 is 0 Å². The van der Waals surface area contributed by atoms with Crippen LogP contribution < -0.4 is 0 Å². The van der Waals surface area contributed by atoms with Gasteiger partial charge in [-0.05, 0) is 19.4 Å². The molecule has 0 unspecified atom stereocenters. The summed E-state index contributed by atoms with van der Waals surface area (Å²) >= 11 is 0. The number of carbonyl (C=O) groups is 1. The Hall–Kier alpha value is -1.31. The summed E-state index contributed by atoms with van der Waals surface area (Å²) in [6, 6.07) is 0. The van der Waals surface area contributed by atoms with Crippen LogP contribution in [0.25, 0.3) is 0 Å². The van der Waals surface area contributed by atoms with Crippen LogP contribution in [-0.4, -0.2) is 11.6 Å². The Morgan fingerprint density at radius 1 is 1.27 bits per heavy atom. The summed E-state index contributed by atoms with van der Waals surface area (Å²) in [6.07, 6.45) is 5.07. The summed E-state index contributed by atoms with van der Waals surface area (Å²) in [4.78, 5) is 10.8. The third kappa shape index (κ3) is 6.72. The fourth-order valence-electron chi connectivity index (χ4n) is 1.06. The predicted molar refractivity (Wildman–Crippen MR) is 65.7 cm³/mol. The van der Waals surface area contributed by atoms with Gasteiger partial charge in [0.1, 0.15) is 5.60 Å². The highest BCUT2D eigenvalue weighted by molar-refractivity contribution is 5.67. The minimum Gasteiger partial charge on any atom is -0.455 e. The maximum atomic E-state index is 10.8. The average Bonchev–Trinajstić information content (AvgIpc) is 2.15. The van der Waals surface area contributed by atoms with Gasteiger partial charge in [0.25, 0.3) is 0 Å². The summed E-state index contributed by atoms with van der Waals surface area (Å²) in [5, 5.41) is 0. The second-order valence-corrected chi connectivity index (χ2v) is 3.17. The molecular formula is C13H22O2. The molecule has 0 aromatic carbocycles. The molecule has 0 amide bonds. The van der Waals surface area contributed by atoms with Crippen molar-refractivity contribution in [2.24, 2.45) is 0 Å². The molecule has 0 rings (SSSR count). The van der Waals surface area contributed by atoms with E-state index in [0.717, 1.165) is 5.57 Å². The molecule has 0 saturated heterocycles. The van der Waals surface area contributed by atoms with Crippen molar-refractivity contribution in [1.29, 1.82) is 0 Å². The van der Waals surface area contributed by atoms with Crippen molar-refractivity contribution in [3.8, 4) is 0 Å². The topological polar surface area (TPSA) is 26.3 Å². The molecule has 0 atom stereocenters. The molecule has 0 saturated carbocycles. The van der Waals surface area contributed by atoms with Gasteiger partial charge in [0, 0.05) is 6.92 Å². The molecule has 0 N–H and O–H groups in total. The van der Waals surface area contributed by atoms with E-state index in [4.69, 9.17) is 4.74 Å². The quantitative estimate of drug-likeness (QED) is 0.523. The first kappa shape index (κ1) is 16.1. The number of hydrogen-bond donors (Lipinski definition) is 0. The molecule has 0 radical (unpaired) electrons. The second kappa shape index (κ2) is 8.04. The van der Waals surface area contributed by atoms with Crippen molar-refractivity contribution in [2.75, 3.05) is 0 Å². The molecule has 15 heavy (non-hydrogen) atoms. The maximum absolute atomic E-state index is 10.8. The van der Waals surface area contributed by atoms with Gasteiger partial charge in [-0.3, -0.25) is 4.79 Å². The van der Waals surface area contributed by atoms with Gasteiger partial charge in [-0.1, -0.05) is 45.2 Å². The average molecular weight is 210 g/mol. The van der Waals surface area contributed by atoms with Crippen molar-refractivity contribution in [3.63, 3.8) is 0 Å². The van der Waals surface area contributed by atoms with E-state index in [1.807, 2.05) is 27.7 Å². The van der Waals surface area contributed by atoms with Gasteiger partial charge >= 0.3 is 5.97 Å². The first-order valence-electron chi connectivity index (χ1n) is 5.09. The second-order valence-electron chi connectivity index (χ2n) is 3.17. The highest BCUT2D eigenvalue weighted by atomic mass is 16.6. The molecule has 0 aromatic rings. The number of carbonyl (C=O) groups excluding carboxylic acids is 1. The smallest absolute Gasteiger partial charge is 0.303 e. The Labute approximate surface area is 93.3 Å². The summed E-state index contributed by atoms with van der Waals surface area (Å²) in [7, 11) is 0. The third-order valence-corrected chi connectivity index (χ3v) is 1.61. The number of ether oxygens (including phenoxy) is 1. The zero-order valence-electron chi connectivity index (χ0n) is 10.5. The molecule has 86 valence electrons. The molecule has 0 fully saturated rings. The third-order valence-electron chi connectivity index (χ3n) is 1.61. The van der Waals surface area contributed by atoms with Gasteiger partial charge < -0.3 is 4.74 Å². The van der Waals surface area contributed by atoms with Crippen LogP contribution >= 0.6 is 0 Å². The molecule has 0 heterocycles. The monoisotopic (exact) mass is 210 g/mol. The largest absolute Gasteiger partial charge is 0.455 e. The SMILES string of the molecule is C=C/C=C(\C=C)C(C)(C)OC(C)=O.CC. The van der Waals surface area contributed by atoms with Gasteiger partial charge in [-0.25, -0.2) is 0 Å². The molecule has 0 aliphatic rings. The maximum Gasteiger partial charge on any atom is 0.303 e. The lowest BCUT2D eigenvalue weighted by molar-refractivity contribution is -0.150. The van der Waals surface area contributed by atoms with E-state index in [0.29, 0.717) is 0 Å². The van der Waals surface area contributed by atoms with Gasteiger partial charge in [0.05, 0.1) is 0 Å². The minimum absolute atomic E-state index is 0.304. The van der Waals surface area contributed by atoms with Crippen molar-refractivity contribution in [1.82, 2.24) is 0 Å². The summed E-state index contributed by atoms with van der Waals surface area (Å²) in [5.41, 5.74) is 0.194. The highest BCUT2D eigenvalue weighted by Gasteiger charge is 2.23. The molecule has 0 aliphatic carbocycles. The lowest BCUT2D eigenvalue weighted by Gasteiger charge is -2.25. The first-order chi connectivity index (χ1) is 6.94. The van der Waals surface area contributed by atoms with Gasteiger partial charge in [-0.2, -0.15) is 0 Å². The van der Waals surface area contributed by atoms with Crippen molar-refractivity contribution in [2.45, 2.75) is 40.2 Å². The minimum atomic E-state index is -0.637. The lowest BCUT2D eigenvalue weighted by atomic mass is 9.97. The molecule has 0 aromatic heterocycles. The van der Waals surface area contributed by atoms with Crippen LogP contribution in [0.5, 0.6) is 0 Å². The van der Waals surface area contributed by atoms with Crippen LogP contribution in [0.3, 0.4) is 0 Å². The van der Waals surface area contributed by atoms with Gasteiger partial charge in [-0.15, -0.1) is 0 Å². The van der Waals surface area contributed by atoms with E-state index in [9.17, 15) is 4.79 Å². The Morgan fingerprint density at radius 2 is 1.73 bits per heavy atom. The molecule has 2 heteroatoms. The van der Waals surface area contributed by atoms with E-state index < -0.39 is 5.60 Å².